The third-order valence-corrected chi connectivity index (χ3v) is 4.76. The van der Waals surface area contributed by atoms with Crippen LogP contribution in [-0.4, -0.2) is 6.00 Å². The van der Waals surface area contributed by atoms with Crippen molar-refractivity contribution in [2.45, 2.75) is 13.8 Å². The Morgan fingerprint density at radius 3 is 2.00 bits per heavy atom. The largest absolute Gasteiger partial charge is 0.372 e. The van der Waals surface area contributed by atoms with Gasteiger partial charge in [0.1, 0.15) is 0 Å². The SMILES string of the molecule is Cc1ccc([Si](Cl)(Cl)Cl)cc1C. The van der Waals surface area contributed by atoms with Crippen molar-refractivity contribution in [3.05, 3.63) is 29.3 Å². The van der Waals surface area contributed by atoms with Crippen molar-refractivity contribution >= 4 is 44.4 Å². The van der Waals surface area contributed by atoms with E-state index in [1.807, 2.05) is 32.0 Å². The zero-order valence-corrected chi connectivity index (χ0v) is 10.1. The molecule has 12 heavy (non-hydrogen) atoms. The minimum absolute atomic E-state index is 0.857. The minimum Gasteiger partial charge on any atom is -0.121 e. The van der Waals surface area contributed by atoms with Gasteiger partial charge < -0.3 is 0 Å². The van der Waals surface area contributed by atoms with E-state index in [1.54, 1.807) is 0 Å². The highest BCUT2D eigenvalue weighted by Gasteiger charge is 2.27. The molecule has 0 amide bonds. The molecule has 0 aliphatic rings. The van der Waals surface area contributed by atoms with Gasteiger partial charge in [0.2, 0.25) is 0 Å². The maximum absolute atomic E-state index is 5.85. The van der Waals surface area contributed by atoms with Crippen LogP contribution < -0.4 is 5.19 Å². The summed E-state index contributed by atoms with van der Waals surface area (Å²) in [6.07, 6.45) is 0. The summed E-state index contributed by atoms with van der Waals surface area (Å²) in [5.74, 6) is 0. The molecule has 0 atom stereocenters. The lowest BCUT2D eigenvalue weighted by atomic mass is 10.1. The lowest BCUT2D eigenvalue weighted by Crippen LogP contribution is -2.30. The van der Waals surface area contributed by atoms with Gasteiger partial charge in [0.25, 0.3) is 0 Å². The molecule has 0 heterocycles. The molecular formula is C8H9Cl3Si. The maximum atomic E-state index is 5.85. The summed E-state index contributed by atoms with van der Waals surface area (Å²) < 4.78 is 0. The molecule has 0 aromatic heterocycles. The molecule has 0 saturated heterocycles. The topological polar surface area (TPSA) is 0 Å². The number of rotatable bonds is 1. The van der Waals surface area contributed by atoms with E-state index in [-0.39, 0.29) is 0 Å². The minimum atomic E-state index is -2.67. The van der Waals surface area contributed by atoms with E-state index < -0.39 is 6.00 Å². The monoisotopic (exact) mass is 238 g/mol. The normalized spacial score (nSPS) is 11.8. The predicted molar refractivity (Wildman–Crippen MR) is 58.9 cm³/mol. The molecule has 66 valence electrons. The van der Waals surface area contributed by atoms with Crippen LogP contribution in [0.4, 0.5) is 0 Å². The second-order valence-electron chi connectivity index (χ2n) is 2.80. The fourth-order valence-electron chi connectivity index (χ4n) is 0.918. The lowest BCUT2D eigenvalue weighted by Gasteiger charge is -2.09. The first-order valence-corrected chi connectivity index (χ1v) is 8.59. The van der Waals surface area contributed by atoms with Gasteiger partial charge in [0.15, 0.2) is 0 Å². The first kappa shape index (κ1) is 10.4. The van der Waals surface area contributed by atoms with Crippen LogP contribution in [0.15, 0.2) is 18.2 Å². The molecule has 0 aliphatic carbocycles. The molecule has 1 aromatic rings. The molecule has 0 spiro atoms. The third-order valence-electron chi connectivity index (χ3n) is 1.83. The highest BCUT2D eigenvalue weighted by molar-refractivity contribution is 7.69. The summed E-state index contributed by atoms with van der Waals surface area (Å²) in [7, 11) is 0. The van der Waals surface area contributed by atoms with E-state index in [1.165, 1.54) is 11.1 Å². The fraction of sp³-hybridized carbons (Fsp3) is 0.250. The van der Waals surface area contributed by atoms with Gasteiger partial charge in [-0.2, -0.15) is 0 Å². The molecule has 0 nitrogen and oxygen atoms in total. The number of aryl methyl sites for hydroxylation is 2. The number of benzene rings is 1. The van der Waals surface area contributed by atoms with Crippen molar-refractivity contribution in [2.75, 3.05) is 0 Å². The molecular weight excluding hydrogens is 231 g/mol. The van der Waals surface area contributed by atoms with E-state index in [9.17, 15) is 0 Å². The summed E-state index contributed by atoms with van der Waals surface area (Å²) in [5.41, 5.74) is 2.40. The Morgan fingerprint density at radius 1 is 1.00 bits per heavy atom. The van der Waals surface area contributed by atoms with Gasteiger partial charge in [-0.25, -0.2) is 0 Å². The standard InChI is InChI=1S/C8H9Cl3Si/c1-6-3-4-8(5-7(6)2)12(9,10)11/h3-5H,1-2H3. The molecule has 1 aromatic carbocycles. The summed E-state index contributed by atoms with van der Waals surface area (Å²) >= 11 is 17.6. The van der Waals surface area contributed by atoms with Crippen LogP contribution >= 0.6 is 33.2 Å². The van der Waals surface area contributed by atoms with Crippen molar-refractivity contribution in [2.24, 2.45) is 0 Å². The summed E-state index contributed by atoms with van der Waals surface area (Å²) in [5, 5.41) is 0.857. The zero-order chi connectivity index (χ0) is 9.35. The van der Waals surface area contributed by atoms with E-state index in [0.717, 1.165) is 5.19 Å². The van der Waals surface area contributed by atoms with Gasteiger partial charge in [0.05, 0.1) is 0 Å². The van der Waals surface area contributed by atoms with E-state index in [2.05, 4.69) is 0 Å². The van der Waals surface area contributed by atoms with Gasteiger partial charge in [-0.05, 0) is 30.2 Å². The summed E-state index contributed by atoms with van der Waals surface area (Å²) in [4.78, 5) is 0. The second kappa shape index (κ2) is 3.58. The molecule has 0 fully saturated rings. The van der Waals surface area contributed by atoms with Gasteiger partial charge in [0, 0.05) is 0 Å². The van der Waals surface area contributed by atoms with Crippen LogP contribution in [-0.2, 0) is 0 Å². The Kier molecular flexibility index (Phi) is 3.10. The Morgan fingerprint density at radius 2 is 1.58 bits per heavy atom. The van der Waals surface area contributed by atoms with E-state index in [4.69, 9.17) is 33.2 Å². The Balaban J connectivity index is 3.14. The number of halogens is 3. The average Bonchev–Trinajstić information content (AvgIpc) is 1.92. The molecule has 0 N–H and O–H groups in total. The Bertz CT molecular complexity index is 291. The quantitative estimate of drug-likeness (QED) is 0.522. The van der Waals surface area contributed by atoms with E-state index in [0.29, 0.717) is 0 Å². The Labute approximate surface area is 87.6 Å². The first-order valence-electron chi connectivity index (χ1n) is 3.55. The second-order valence-corrected chi connectivity index (χ2v) is 11.2. The molecule has 1 rings (SSSR count). The lowest BCUT2D eigenvalue weighted by molar-refractivity contribution is 1.35. The fourth-order valence-corrected chi connectivity index (χ4v) is 2.63. The van der Waals surface area contributed by atoms with Gasteiger partial charge >= 0.3 is 6.00 Å². The smallest absolute Gasteiger partial charge is 0.121 e. The van der Waals surface area contributed by atoms with Crippen molar-refractivity contribution in [1.29, 1.82) is 0 Å². The van der Waals surface area contributed by atoms with E-state index >= 15 is 0 Å². The third kappa shape index (κ3) is 2.40. The van der Waals surface area contributed by atoms with Gasteiger partial charge in [-0.3, -0.25) is 0 Å². The molecule has 0 unspecified atom stereocenters. The summed E-state index contributed by atoms with van der Waals surface area (Å²) in [6.45, 7) is 4.06. The highest BCUT2D eigenvalue weighted by Crippen LogP contribution is 2.20. The summed E-state index contributed by atoms with van der Waals surface area (Å²) in [6, 6.07) is 3.16. The van der Waals surface area contributed by atoms with Crippen LogP contribution in [0, 0.1) is 13.8 Å². The van der Waals surface area contributed by atoms with Crippen molar-refractivity contribution < 1.29 is 0 Å². The molecule has 0 saturated carbocycles. The van der Waals surface area contributed by atoms with Gasteiger partial charge in [-0.1, -0.05) is 18.2 Å². The van der Waals surface area contributed by atoms with Crippen LogP contribution in [0.1, 0.15) is 11.1 Å². The highest BCUT2D eigenvalue weighted by atomic mass is 35.8. The number of hydrogen-bond acceptors (Lipinski definition) is 0. The zero-order valence-electron chi connectivity index (χ0n) is 6.87. The van der Waals surface area contributed by atoms with Crippen LogP contribution in [0.5, 0.6) is 0 Å². The van der Waals surface area contributed by atoms with Crippen molar-refractivity contribution in [3.63, 3.8) is 0 Å². The van der Waals surface area contributed by atoms with Crippen LogP contribution in [0.2, 0.25) is 0 Å². The predicted octanol–water partition coefficient (Wildman–Crippen LogP) is 3.17. The first-order chi connectivity index (χ1) is 5.41. The average molecular weight is 240 g/mol. The van der Waals surface area contributed by atoms with Crippen LogP contribution in [0.25, 0.3) is 0 Å². The maximum Gasteiger partial charge on any atom is 0.372 e. The number of hydrogen-bond donors (Lipinski definition) is 0. The Hall–Kier alpha value is 0.307. The molecule has 0 aliphatic heterocycles. The van der Waals surface area contributed by atoms with Gasteiger partial charge in [-0.15, -0.1) is 33.2 Å². The molecule has 0 bridgehead atoms. The molecule has 0 radical (unpaired) electrons. The van der Waals surface area contributed by atoms with Crippen molar-refractivity contribution in [1.82, 2.24) is 0 Å². The van der Waals surface area contributed by atoms with Crippen molar-refractivity contribution in [3.8, 4) is 0 Å². The molecule has 4 heteroatoms. The van der Waals surface area contributed by atoms with Crippen LogP contribution in [0.3, 0.4) is 0 Å².